The fourth-order valence-electron chi connectivity index (χ4n) is 1.17. The van der Waals surface area contributed by atoms with Crippen molar-refractivity contribution < 1.29 is 10.2 Å². The molecule has 4 heteroatoms. The maximum absolute atomic E-state index is 9.58. The van der Waals surface area contributed by atoms with Gasteiger partial charge in [0.1, 0.15) is 0 Å². The highest BCUT2D eigenvalue weighted by atomic mass is 16.3. The summed E-state index contributed by atoms with van der Waals surface area (Å²) in [5.41, 5.74) is 0. The maximum Gasteiger partial charge on any atom is 0.0811 e. The van der Waals surface area contributed by atoms with Gasteiger partial charge in [-0.15, -0.1) is 0 Å². The Morgan fingerprint density at radius 1 is 0.786 bits per heavy atom. The van der Waals surface area contributed by atoms with Crippen LogP contribution in [0.3, 0.4) is 0 Å². The summed E-state index contributed by atoms with van der Waals surface area (Å²) in [6.07, 6.45) is 0.0538. The number of hydrogen-bond acceptors (Lipinski definition) is 4. The van der Waals surface area contributed by atoms with Crippen molar-refractivity contribution in [3.63, 3.8) is 0 Å². The predicted molar refractivity (Wildman–Crippen MR) is 58.4 cm³/mol. The van der Waals surface area contributed by atoms with Crippen LogP contribution in [0, 0.1) is 0 Å². The van der Waals surface area contributed by atoms with Crippen LogP contribution in [-0.4, -0.2) is 73.5 Å². The summed E-state index contributed by atoms with van der Waals surface area (Å²) in [7, 11) is 7.83. The minimum Gasteiger partial charge on any atom is -0.390 e. The molecular formula is C10H24N2O2. The van der Waals surface area contributed by atoms with Crippen LogP contribution in [0.5, 0.6) is 0 Å². The molecule has 0 aromatic rings. The van der Waals surface area contributed by atoms with Crippen molar-refractivity contribution in [3.05, 3.63) is 0 Å². The summed E-state index contributed by atoms with van der Waals surface area (Å²) >= 11 is 0. The molecule has 0 saturated heterocycles. The van der Waals surface area contributed by atoms with Crippen LogP contribution in [0.4, 0.5) is 0 Å². The van der Waals surface area contributed by atoms with Crippen molar-refractivity contribution in [1.29, 1.82) is 0 Å². The molecule has 0 bridgehead atoms. The van der Waals surface area contributed by atoms with Crippen LogP contribution >= 0.6 is 0 Å². The van der Waals surface area contributed by atoms with Crippen molar-refractivity contribution in [3.8, 4) is 0 Å². The number of hydrogen-bond donors (Lipinski definition) is 2. The van der Waals surface area contributed by atoms with E-state index in [-0.39, 0.29) is 0 Å². The first-order valence-electron chi connectivity index (χ1n) is 5.09. The van der Waals surface area contributed by atoms with Gasteiger partial charge in [0.05, 0.1) is 12.2 Å². The predicted octanol–water partition coefficient (Wildman–Crippen LogP) is -0.388. The molecule has 2 atom stereocenters. The Morgan fingerprint density at radius 3 is 1.29 bits per heavy atom. The minimum atomic E-state index is -0.600. The van der Waals surface area contributed by atoms with Gasteiger partial charge in [-0.2, -0.15) is 0 Å². The smallest absolute Gasteiger partial charge is 0.0811 e. The van der Waals surface area contributed by atoms with E-state index in [0.717, 1.165) is 13.1 Å². The van der Waals surface area contributed by atoms with Gasteiger partial charge in [0.15, 0.2) is 0 Å². The molecule has 2 N–H and O–H groups in total. The second-order valence-electron chi connectivity index (χ2n) is 4.32. The van der Waals surface area contributed by atoms with E-state index in [1.54, 1.807) is 0 Å². The van der Waals surface area contributed by atoms with E-state index >= 15 is 0 Å². The molecule has 0 rings (SSSR count). The van der Waals surface area contributed by atoms with Crippen molar-refractivity contribution in [2.45, 2.75) is 25.0 Å². The SMILES string of the molecule is CN(C)CC[C@H](O)[C@@H](O)CCN(C)C. The molecule has 0 aliphatic carbocycles. The Balaban J connectivity index is 3.59. The van der Waals surface area contributed by atoms with Gasteiger partial charge in [-0.25, -0.2) is 0 Å². The number of nitrogens with zero attached hydrogens (tertiary/aromatic N) is 2. The van der Waals surface area contributed by atoms with Gasteiger partial charge >= 0.3 is 0 Å². The minimum absolute atomic E-state index is 0.600. The molecule has 0 radical (unpaired) electrons. The lowest BCUT2D eigenvalue weighted by atomic mass is 10.1. The molecule has 0 aromatic heterocycles. The summed E-state index contributed by atoms with van der Waals surface area (Å²) in [5.74, 6) is 0. The number of rotatable bonds is 7. The van der Waals surface area contributed by atoms with Crippen LogP contribution in [0.2, 0.25) is 0 Å². The molecular weight excluding hydrogens is 180 g/mol. The zero-order valence-corrected chi connectivity index (χ0v) is 9.77. The van der Waals surface area contributed by atoms with E-state index in [4.69, 9.17) is 0 Å². The molecule has 0 aliphatic heterocycles. The molecule has 0 fully saturated rings. The van der Waals surface area contributed by atoms with E-state index in [0.29, 0.717) is 12.8 Å². The van der Waals surface area contributed by atoms with E-state index < -0.39 is 12.2 Å². The van der Waals surface area contributed by atoms with Crippen LogP contribution in [-0.2, 0) is 0 Å². The first-order chi connectivity index (χ1) is 6.43. The lowest BCUT2D eigenvalue weighted by molar-refractivity contribution is 0.00343. The Bertz CT molecular complexity index is 124. The summed E-state index contributed by atoms with van der Waals surface area (Å²) < 4.78 is 0. The average molecular weight is 204 g/mol. The third kappa shape index (κ3) is 7.26. The summed E-state index contributed by atoms with van der Waals surface area (Å²) in [6, 6.07) is 0. The molecule has 0 aliphatic rings. The van der Waals surface area contributed by atoms with Gasteiger partial charge in [-0.3, -0.25) is 0 Å². The van der Waals surface area contributed by atoms with Crippen LogP contribution in [0.15, 0.2) is 0 Å². The molecule has 86 valence electrons. The first kappa shape index (κ1) is 13.8. The summed E-state index contributed by atoms with van der Waals surface area (Å²) in [6.45, 7) is 1.61. The van der Waals surface area contributed by atoms with Gasteiger partial charge in [-0.1, -0.05) is 0 Å². The quantitative estimate of drug-likeness (QED) is 0.593. The van der Waals surface area contributed by atoms with Crippen LogP contribution in [0.25, 0.3) is 0 Å². The fourth-order valence-corrected chi connectivity index (χ4v) is 1.17. The van der Waals surface area contributed by atoms with Crippen molar-refractivity contribution in [2.75, 3.05) is 41.3 Å². The zero-order chi connectivity index (χ0) is 11.1. The Morgan fingerprint density at radius 2 is 1.07 bits per heavy atom. The van der Waals surface area contributed by atoms with Crippen LogP contribution in [0.1, 0.15) is 12.8 Å². The lowest BCUT2D eigenvalue weighted by Gasteiger charge is -2.21. The Kier molecular flexibility index (Phi) is 7.09. The second-order valence-corrected chi connectivity index (χ2v) is 4.32. The molecule has 14 heavy (non-hydrogen) atoms. The molecule has 0 unspecified atom stereocenters. The van der Waals surface area contributed by atoms with Crippen molar-refractivity contribution in [2.24, 2.45) is 0 Å². The second kappa shape index (κ2) is 7.17. The normalized spacial score (nSPS) is 16.3. The molecule has 4 nitrogen and oxygen atoms in total. The maximum atomic E-state index is 9.58. The Labute approximate surface area is 87.1 Å². The molecule has 0 spiro atoms. The standard InChI is InChI=1S/C10H24N2O2/c1-11(2)7-5-9(13)10(14)6-8-12(3)4/h9-10,13-14H,5-8H2,1-4H3/t9-,10-/m0/s1. The third-order valence-electron chi connectivity index (χ3n) is 2.19. The highest BCUT2D eigenvalue weighted by Gasteiger charge is 2.15. The zero-order valence-electron chi connectivity index (χ0n) is 9.77. The number of aliphatic hydroxyl groups is 2. The first-order valence-corrected chi connectivity index (χ1v) is 5.09. The molecule has 0 heterocycles. The van der Waals surface area contributed by atoms with E-state index in [1.165, 1.54) is 0 Å². The summed E-state index contributed by atoms with van der Waals surface area (Å²) in [5, 5.41) is 19.2. The molecule has 0 amide bonds. The highest BCUT2D eigenvalue weighted by Crippen LogP contribution is 2.04. The van der Waals surface area contributed by atoms with Gasteiger partial charge in [0.25, 0.3) is 0 Å². The molecule has 0 saturated carbocycles. The van der Waals surface area contributed by atoms with Crippen LogP contribution < -0.4 is 0 Å². The van der Waals surface area contributed by atoms with Gasteiger partial charge in [0.2, 0.25) is 0 Å². The van der Waals surface area contributed by atoms with Crippen molar-refractivity contribution in [1.82, 2.24) is 9.80 Å². The topological polar surface area (TPSA) is 46.9 Å². The third-order valence-corrected chi connectivity index (χ3v) is 2.19. The van der Waals surface area contributed by atoms with E-state index in [9.17, 15) is 10.2 Å². The van der Waals surface area contributed by atoms with E-state index in [2.05, 4.69) is 0 Å². The van der Waals surface area contributed by atoms with Crippen molar-refractivity contribution >= 4 is 0 Å². The monoisotopic (exact) mass is 204 g/mol. The summed E-state index contributed by atoms with van der Waals surface area (Å²) in [4.78, 5) is 4.00. The molecule has 0 aromatic carbocycles. The van der Waals surface area contributed by atoms with Gasteiger partial charge in [-0.05, 0) is 41.0 Å². The lowest BCUT2D eigenvalue weighted by Crippen LogP contribution is -2.32. The Hall–Kier alpha value is -0.160. The average Bonchev–Trinajstić information content (AvgIpc) is 2.09. The fraction of sp³-hybridized carbons (Fsp3) is 1.00. The van der Waals surface area contributed by atoms with Gasteiger partial charge < -0.3 is 20.0 Å². The number of aliphatic hydroxyl groups excluding tert-OH is 2. The van der Waals surface area contributed by atoms with E-state index in [1.807, 2.05) is 38.0 Å². The largest absolute Gasteiger partial charge is 0.390 e. The van der Waals surface area contributed by atoms with Gasteiger partial charge in [0, 0.05) is 13.1 Å². The highest BCUT2D eigenvalue weighted by molar-refractivity contribution is 4.69.